The fourth-order valence-corrected chi connectivity index (χ4v) is 1.51. The molecule has 0 bridgehead atoms. The lowest BCUT2D eigenvalue weighted by Crippen LogP contribution is -2.33. The van der Waals surface area contributed by atoms with Crippen LogP contribution in [0.15, 0.2) is 0 Å². The van der Waals surface area contributed by atoms with Gasteiger partial charge in [-0.3, -0.25) is 5.10 Å². The number of aromatic nitrogens is 3. The number of hydrogen-bond donors (Lipinski definition) is 2. The van der Waals surface area contributed by atoms with Crippen molar-refractivity contribution in [3.8, 4) is 0 Å². The molecule has 1 aromatic rings. The van der Waals surface area contributed by atoms with E-state index in [0.717, 1.165) is 18.7 Å². The second-order valence-corrected chi connectivity index (χ2v) is 5.42. The molecule has 0 aliphatic heterocycles. The van der Waals surface area contributed by atoms with Crippen molar-refractivity contribution in [3.05, 3.63) is 10.6 Å². The zero-order valence-electron chi connectivity index (χ0n) is 11.2. The lowest BCUT2D eigenvalue weighted by atomic mass is 10.2. The minimum absolute atomic E-state index is 0.391. The first-order chi connectivity index (χ1) is 8.29. The van der Waals surface area contributed by atoms with E-state index < -0.39 is 11.7 Å². The first-order valence-electron chi connectivity index (χ1n) is 5.87. The molecule has 0 aliphatic rings. The van der Waals surface area contributed by atoms with Crippen molar-refractivity contribution in [3.63, 3.8) is 0 Å². The van der Waals surface area contributed by atoms with Gasteiger partial charge in [0.1, 0.15) is 11.4 Å². The maximum Gasteiger partial charge on any atom is 0.407 e. The first-order valence-corrected chi connectivity index (χ1v) is 6.27. The lowest BCUT2D eigenvalue weighted by Gasteiger charge is -2.19. The van der Waals surface area contributed by atoms with Crippen LogP contribution in [0, 0.1) is 4.77 Å². The third kappa shape index (κ3) is 4.87. The normalized spacial score (nSPS) is 11.3. The van der Waals surface area contributed by atoms with Crippen molar-refractivity contribution in [2.45, 2.75) is 39.2 Å². The SMILES string of the molecule is Cn1c(CCCNC(=O)OC(C)(C)C)n[nH]c1=S. The van der Waals surface area contributed by atoms with Gasteiger partial charge in [-0.2, -0.15) is 5.10 Å². The Labute approximate surface area is 112 Å². The highest BCUT2D eigenvalue weighted by molar-refractivity contribution is 7.71. The van der Waals surface area contributed by atoms with E-state index in [9.17, 15) is 4.79 Å². The first kappa shape index (κ1) is 14.7. The lowest BCUT2D eigenvalue weighted by molar-refractivity contribution is 0.0527. The van der Waals surface area contributed by atoms with Gasteiger partial charge in [-0.25, -0.2) is 4.79 Å². The molecule has 1 aromatic heterocycles. The van der Waals surface area contributed by atoms with Crippen LogP contribution in [0.3, 0.4) is 0 Å². The molecule has 0 radical (unpaired) electrons. The summed E-state index contributed by atoms with van der Waals surface area (Å²) in [4.78, 5) is 11.4. The number of nitrogens with one attached hydrogen (secondary N) is 2. The molecule has 0 saturated heterocycles. The Morgan fingerprint density at radius 1 is 1.56 bits per heavy atom. The topological polar surface area (TPSA) is 71.9 Å². The highest BCUT2D eigenvalue weighted by atomic mass is 32.1. The number of aryl methyl sites for hydroxylation is 1. The fraction of sp³-hybridized carbons (Fsp3) is 0.727. The Hall–Kier alpha value is -1.37. The van der Waals surface area contributed by atoms with E-state index in [2.05, 4.69) is 15.5 Å². The summed E-state index contributed by atoms with van der Waals surface area (Å²) >= 11 is 5.01. The summed E-state index contributed by atoms with van der Waals surface area (Å²) in [6.45, 7) is 6.05. The third-order valence-electron chi connectivity index (χ3n) is 2.22. The average Bonchev–Trinajstić information content (AvgIpc) is 2.53. The zero-order valence-corrected chi connectivity index (χ0v) is 12.1. The van der Waals surface area contributed by atoms with Crippen molar-refractivity contribution in [2.75, 3.05) is 6.54 Å². The van der Waals surface area contributed by atoms with E-state index in [-0.39, 0.29) is 0 Å². The molecule has 0 aromatic carbocycles. The maximum atomic E-state index is 11.4. The van der Waals surface area contributed by atoms with Crippen LogP contribution in [0.2, 0.25) is 0 Å². The van der Waals surface area contributed by atoms with Gasteiger partial charge in [-0.05, 0) is 39.4 Å². The van der Waals surface area contributed by atoms with Gasteiger partial charge in [0, 0.05) is 20.0 Å². The van der Waals surface area contributed by atoms with Gasteiger partial charge in [0.15, 0.2) is 4.77 Å². The second kappa shape index (κ2) is 5.99. The molecule has 6 nitrogen and oxygen atoms in total. The van der Waals surface area contributed by atoms with Gasteiger partial charge in [-0.15, -0.1) is 0 Å². The highest BCUT2D eigenvalue weighted by Gasteiger charge is 2.15. The molecule has 0 unspecified atom stereocenters. The molecule has 2 N–H and O–H groups in total. The molecule has 7 heteroatoms. The predicted molar refractivity (Wildman–Crippen MR) is 71.0 cm³/mol. The Morgan fingerprint density at radius 3 is 2.72 bits per heavy atom. The Balaban J connectivity index is 2.25. The number of aromatic amines is 1. The molecular formula is C11H20N4O2S. The summed E-state index contributed by atoms with van der Waals surface area (Å²) in [5.74, 6) is 0.881. The smallest absolute Gasteiger partial charge is 0.407 e. The van der Waals surface area contributed by atoms with E-state index in [1.54, 1.807) is 0 Å². The van der Waals surface area contributed by atoms with E-state index >= 15 is 0 Å². The van der Waals surface area contributed by atoms with E-state index in [4.69, 9.17) is 17.0 Å². The van der Waals surface area contributed by atoms with Crippen molar-refractivity contribution in [1.82, 2.24) is 20.1 Å². The third-order valence-corrected chi connectivity index (χ3v) is 2.58. The molecular weight excluding hydrogens is 252 g/mol. The van der Waals surface area contributed by atoms with E-state index in [0.29, 0.717) is 11.3 Å². The van der Waals surface area contributed by atoms with Gasteiger partial charge in [-0.1, -0.05) is 0 Å². The van der Waals surface area contributed by atoms with Crippen molar-refractivity contribution in [2.24, 2.45) is 7.05 Å². The second-order valence-electron chi connectivity index (χ2n) is 5.04. The van der Waals surface area contributed by atoms with E-state index in [1.807, 2.05) is 32.4 Å². The van der Waals surface area contributed by atoms with Gasteiger partial charge >= 0.3 is 6.09 Å². The van der Waals surface area contributed by atoms with Crippen LogP contribution >= 0.6 is 12.2 Å². The summed E-state index contributed by atoms with van der Waals surface area (Å²) in [5.41, 5.74) is -0.462. The summed E-state index contributed by atoms with van der Waals surface area (Å²) in [7, 11) is 1.86. The molecule has 1 amide bonds. The number of H-pyrrole nitrogens is 1. The predicted octanol–water partition coefficient (Wildman–Crippen LogP) is 1.93. The van der Waals surface area contributed by atoms with Gasteiger partial charge in [0.2, 0.25) is 0 Å². The quantitative estimate of drug-likeness (QED) is 0.649. The number of rotatable bonds is 4. The summed E-state index contributed by atoms with van der Waals surface area (Å²) < 4.78 is 7.55. The molecule has 0 atom stereocenters. The summed E-state index contributed by atoms with van der Waals surface area (Å²) in [6, 6.07) is 0. The highest BCUT2D eigenvalue weighted by Crippen LogP contribution is 2.06. The van der Waals surface area contributed by atoms with Crippen LogP contribution in [-0.2, 0) is 18.2 Å². The largest absolute Gasteiger partial charge is 0.444 e. The van der Waals surface area contributed by atoms with Crippen molar-refractivity contribution >= 4 is 18.3 Å². The van der Waals surface area contributed by atoms with Crippen molar-refractivity contribution < 1.29 is 9.53 Å². The minimum Gasteiger partial charge on any atom is -0.444 e. The summed E-state index contributed by atoms with van der Waals surface area (Å²) in [6.07, 6.45) is 1.14. The molecule has 0 spiro atoms. The van der Waals surface area contributed by atoms with Gasteiger partial charge in [0.05, 0.1) is 0 Å². The molecule has 102 valence electrons. The van der Waals surface area contributed by atoms with E-state index in [1.165, 1.54) is 0 Å². The average molecular weight is 272 g/mol. The van der Waals surface area contributed by atoms with Crippen LogP contribution in [-0.4, -0.2) is 33.0 Å². The van der Waals surface area contributed by atoms with Crippen LogP contribution in [0.25, 0.3) is 0 Å². The number of nitrogens with zero attached hydrogens (tertiary/aromatic N) is 2. The molecule has 0 fully saturated rings. The number of hydrogen-bond acceptors (Lipinski definition) is 4. The van der Waals surface area contributed by atoms with Crippen LogP contribution in [0.1, 0.15) is 33.0 Å². The number of amides is 1. The molecule has 1 heterocycles. The Morgan fingerprint density at radius 2 is 2.22 bits per heavy atom. The molecule has 0 aliphatic carbocycles. The number of ether oxygens (including phenoxy) is 1. The Kier molecular flexibility index (Phi) is 4.89. The molecule has 18 heavy (non-hydrogen) atoms. The zero-order chi connectivity index (χ0) is 13.8. The standard InChI is InChI=1S/C11H20N4O2S/c1-11(2,3)17-10(16)12-7-5-6-8-13-14-9(18)15(8)4/h5-7H2,1-4H3,(H,12,16)(H,14,18). The van der Waals surface area contributed by atoms with Gasteiger partial charge in [0.25, 0.3) is 0 Å². The monoisotopic (exact) mass is 272 g/mol. The van der Waals surface area contributed by atoms with Crippen LogP contribution < -0.4 is 5.32 Å². The van der Waals surface area contributed by atoms with Crippen molar-refractivity contribution in [1.29, 1.82) is 0 Å². The number of alkyl carbamates (subject to hydrolysis) is 1. The fourth-order valence-electron chi connectivity index (χ4n) is 1.35. The number of carbonyl (C=O) groups is 1. The van der Waals surface area contributed by atoms with Gasteiger partial charge < -0.3 is 14.6 Å². The maximum absolute atomic E-state index is 11.4. The minimum atomic E-state index is -0.462. The van der Waals surface area contributed by atoms with Crippen LogP contribution in [0.5, 0.6) is 0 Å². The van der Waals surface area contributed by atoms with Crippen LogP contribution in [0.4, 0.5) is 4.79 Å². The number of carbonyl (C=O) groups excluding carboxylic acids is 1. The Bertz CT molecular complexity index is 458. The molecule has 0 saturated carbocycles. The summed E-state index contributed by atoms with van der Waals surface area (Å²) in [5, 5.41) is 9.52. The molecule has 1 rings (SSSR count).